The maximum atomic E-state index is 12.7. The lowest BCUT2D eigenvalue weighted by Gasteiger charge is -2.67. The zero-order valence-electron chi connectivity index (χ0n) is 26.6. The third-order valence-electron chi connectivity index (χ3n) is 13.1. The van der Waals surface area contributed by atoms with Gasteiger partial charge in [-0.3, -0.25) is 19.6 Å². The molecule has 9 atom stereocenters. The topological polar surface area (TPSA) is 128 Å². The first kappa shape index (κ1) is 32.0. The number of fused-ring (bicyclic) bond motifs is 5. The molecule has 4 fully saturated rings. The lowest BCUT2D eigenvalue weighted by atomic mass is 9.38. The minimum absolute atomic E-state index is 0.0229. The molecule has 2 unspecified atom stereocenters. The fourth-order valence-corrected chi connectivity index (χ4v) is 10.8. The first-order valence-corrected chi connectivity index (χ1v) is 16.7. The third kappa shape index (κ3) is 5.86. The van der Waals surface area contributed by atoms with Crippen LogP contribution in [-0.2, 0) is 16.1 Å². The molecule has 4 aliphatic rings. The number of hydroxylamine groups is 1. The predicted molar refractivity (Wildman–Crippen MR) is 165 cm³/mol. The van der Waals surface area contributed by atoms with Gasteiger partial charge in [-0.2, -0.15) is 0 Å². The molecule has 0 heterocycles. The van der Waals surface area contributed by atoms with Crippen LogP contribution in [-0.4, -0.2) is 40.7 Å². The van der Waals surface area contributed by atoms with Crippen LogP contribution in [0.4, 0.5) is 0 Å². The van der Waals surface area contributed by atoms with Gasteiger partial charge < -0.3 is 15.7 Å². The average molecular weight is 596 g/mol. The van der Waals surface area contributed by atoms with Gasteiger partial charge in [0.05, 0.1) is 12.6 Å². The van der Waals surface area contributed by atoms with Crippen molar-refractivity contribution in [3.8, 4) is 0 Å². The van der Waals surface area contributed by atoms with E-state index in [1.807, 2.05) is 0 Å². The highest BCUT2D eigenvalue weighted by atomic mass is 16.5. The summed E-state index contributed by atoms with van der Waals surface area (Å²) in [5.41, 5.74) is 3.26. The standard InChI is InChI=1S/C35H53N3O5/c1-22(8-15-30(40)37-21-31(41)36-20-23-9-11-24(12-10-23)32(42)38-43)26-13-14-27-34(26,3)18-16-28-33(2)17-6-5-7-25(33)19-29(39)35(27,28)4/h9-12,22,25-29,39,43H,5-8,13-21H2,1-4H3,(H,36,41)(H,37,40)(H,38,42)/t22-,25+,26?,27-,28-,29+,33+,34-,35?/m1/s1. The molecule has 0 bridgehead atoms. The van der Waals surface area contributed by atoms with Crippen LogP contribution in [0.5, 0.6) is 0 Å². The van der Waals surface area contributed by atoms with Crippen molar-refractivity contribution in [2.75, 3.05) is 6.54 Å². The Morgan fingerprint density at radius 3 is 2.35 bits per heavy atom. The van der Waals surface area contributed by atoms with E-state index >= 15 is 0 Å². The lowest BCUT2D eigenvalue weighted by molar-refractivity contribution is -0.218. The maximum Gasteiger partial charge on any atom is 0.274 e. The van der Waals surface area contributed by atoms with Gasteiger partial charge in [-0.05, 0) is 109 Å². The average Bonchev–Trinajstić information content (AvgIpc) is 3.36. The molecule has 1 aromatic carbocycles. The highest BCUT2D eigenvalue weighted by Crippen LogP contribution is 2.73. The van der Waals surface area contributed by atoms with Crippen LogP contribution in [0.3, 0.4) is 0 Å². The second-order valence-electron chi connectivity index (χ2n) is 15.1. The molecule has 0 radical (unpaired) electrons. The Morgan fingerprint density at radius 1 is 0.907 bits per heavy atom. The molecule has 5 N–H and O–H groups in total. The number of carbonyl (C=O) groups excluding carboxylic acids is 3. The Morgan fingerprint density at radius 2 is 1.63 bits per heavy atom. The van der Waals surface area contributed by atoms with Crippen LogP contribution in [0.15, 0.2) is 24.3 Å². The number of nitrogens with one attached hydrogen (secondary N) is 3. The molecule has 238 valence electrons. The Bertz CT molecular complexity index is 1190. The number of benzene rings is 1. The number of hydrogen-bond acceptors (Lipinski definition) is 5. The molecule has 4 aliphatic carbocycles. The maximum absolute atomic E-state index is 12.7. The number of aliphatic hydroxyl groups is 1. The summed E-state index contributed by atoms with van der Waals surface area (Å²) in [5, 5.41) is 26.0. The second-order valence-corrected chi connectivity index (χ2v) is 15.1. The van der Waals surface area contributed by atoms with Crippen LogP contribution in [0.25, 0.3) is 0 Å². The van der Waals surface area contributed by atoms with Gasteiger partial charge in [0.1, 0.15) is 0 Å². The van der Waals surface area contributed by atoms with E-state index in [0.717, 1.165) is 18.4 Å². The van der Waals surface area contributed by atoms with Crippen molar-refractivity contribution in [3.05, 3.63) is 35.4 Å². The number of carbonyl (C=O) groups is 3. The molecule has 43 heavy (non-hydrogen) atoms. The molecule has 1 aromatic rings. The molecule has 8 nitrogen and oxygen atoms in total. The minimum atomic E-state index is -0.592. The van der Waals surface area contributed by atoms with Crippen molar-refractivity contribution in [2.45, 2.75) is 111 Å². The van der Waals surface area contributed by atoms with Gasteiger partial charge in [0.15, 0.2) is 0 Å². The van der Waals surface area contributed by atoms with Crippen molar-refractivity contribution < 1.29 is 24.7 Å². The highest BCUT2D eigenvalue weighted by molar-refractivity contribution is 5.93. The Labute approximate surface area is 257 Å². The Balaban J connectivity index is 1.10. The van der Waals surface area contributed by atoms with Gasteiger partial charge in [-0.1, -0.05) is 52.7 Å². The molecular weight excluding hydrogens is 542 g/mol. The van der Waals surface area contributed by atoms with E-state index in [2.05, 4.69) is 38.3 Å². The summed E-state index contributed by atoms with van der Waals surface area (Å²) in [6.07, 6.45) is 12.0. The van der Waals surface area contributed by atoms with Gasteiger partial charge in [0.25, 0.3) is 5.91 Å². The summed E-state index contributed by atoms with van der Waals surface area (Å²) < 4.78 is 0. The van der Waals surface area contributed by atoms with Gasteiger partial charge in [-0.15, -0.1) is 0 Å². The van der Waals surface area contributed by atoms with Crippen molar-refractivity contribution >= 4 is 17.7 Å². The van der Waals surface area contributed by atoms with Gasteiger partial charge in [0.2, 0.25) is 11.8 Å². The van der Waals surface area contributed by atoms with Crippen molar-refractivity contribution in [1.29, 1.82) is 0 Å². The van der Waals surface area contributed by atoms with E-state index in [9.17, 15) is 19.5 Å². The first-order chi connectivity index (χ1) is 20.4. The Hall–Kier alpha value is -2.45. The summed E-state index contributed by atoms with van der Waals surface area (Å²) >= 11 is 0. The molecule has 0 saturated heterocycles. The largest absolute Gasteiger partial charge is 0.393 e. The van der Waals surface area contributed by atoms with E-state index in [-0.39, 0.29) is 41.8 Å². The summed E-state index contributed by atoms with van der Waals surface area (Å²) in [6, 6.07) is 6.54. The van der Waals surface area contributed by atoms with Crippen molar-refractivity contribution in [3.63, 3.8) is 0 Å². The Kier molecular flexibility index (Phi) is 9.30. The molecule has 0 aliphatic heterocycles. The van der Waals surface area contributed by atoms with Crippen molar-refractivity contribution in [2.24, 2.45) is 45.8 Å². The molecule has 0 spiro atoms. The molecule has 4 saturated carbocycles. The van der Waals surface area contributed by atoms with Crippen LogP contribution in [0.2, 0.25) is 0 Å². The summed E-state index contributed by atoms with van der Waals surface area (Å²) in [7, 11) is 0. The third-order valence-corrected chi connectivity index (χ3v) is 13.1. The summed E-state index contributed by atoms with van der Waals surface area (Å²) in [5.74, 6) is 1.79. The summed E-state index contributed by atoms with van der Waals surface area (Å²) in [4.78, 5) is 36.5. The fraction of sp³-hybridized carbons (Fsp3) is 0.743. The molecular formula is C35H53N3O5. The summed E-state index contributed by atoms with van der Waals surface area (Å²) in [6.45, 7) is 10.0. The van der Waals surface area contributed by atoms with E-state index in [1.54, 1.807) is 29.7 Å². The lowest BCUT2D eigenvalue weighted by Crippen LogP contribution is -2.63. The van der Waals surface area contributed by atoms with E-state index in [0.29, 0.717) is 47.0 Å². The number of rotatable bonds is 9. The number of amides is 3. The van der Waals surface area contributed by atoms with Crippen LogP contribution < -0.4 is 16.1 Å². The van der Waals surface area contributed by atoms with Crippen LogP contribution >= 0.6 is 0 Å². The fourth-order valence-electron chi connectivity index (χ4n) is 10.8. The monoisotopic (exact) mass is 595 g/mol. The van der Waals surface area contributed by atoms with Crippen molar-refractivity contribution in [1.82, 2.24) is 16.1 Å². The SMILES string of the molecule is C[C@H](CCC(=O)NCC(=O)NCc1ccc(C(=O)NO)cc1)C1CC[C@H]2C3(C)[C@@H](O)C[C@@H]4CCCC[C@]4(C)[C@H]3CC[C@]12C. The van der Waals surface area contributed by atoms with E-state index in [4.69, 9.17) is 5.21 Å². The van der Waals surface area contributed by atoms with E-state index in [1.165, 1.54) is 51.4 Å². The molecule has 0 aromatic heterocycles. The molecule has 5 rings (SSSR count). The zero-order chi connectivity index (χ0) is 31.0. The number of hydrogen-bond donors (Lipinski definition) is 5. The van der Waals surface area contributed by atoms with Gasteiger partial charge in [0, 0.05) is 23.9 Å². The van der Waals surface area contributed by atoms with Gasteiger partial charge >= 0.3 is 0 Å². The first-order valence-electron chi connectivity index (χ1n) is 16.7. The van der Waals surface area contributed by atoms with E-state index < -0.39 is 5.91 Å². The normalized spacial score (nSPS) is 37.3. The quantitative estimate of drug-likeness (QED) is 0.194. The second kappa shape index (κ2) is 12.5. The molecule has 8 heteroatoms. The van der Waals surface area contributed by atoms with Crippen LogP contribution in [0, 0.1) is 45.8 Å². The minimum Gasteiger partial charge on any atom is -0.393 e. The van der Waals surface area contributed by atoms with Gasteiger partial charge in [-0.25, -0.2) is 5.48 Å². The highest BCUT2D eigenvalue weighted by Gasteiger charge is 2.67. The number of aliphatic hydroxyl groups excluding tert-OH is 1. The molecule has 3 amide bonds. The zero-order valence-corrected chi connectivity index (χ0v) is 26.6. The predicted octanol–water partition coefficient (Wildman–Crippen LogP) is 5.36. The smallest absolute Gasteiger partial charge is 0.274 e. The van der Waals surface area contributed by atoms with Crippen LogP contribution in [0.1, 0.15) is 114 Å².